The maximum absolute atomic E-state index is 13.0. The summed E-state index contributed by atoms with van der Waals surface area (Å²) in [5.41, 5.74) is 1.64. The molecule has 1 fully saturated rings. The van der Waals surface area contributed by atoms with E-state index >= 15 is 0 Å². The van der Waals surface area contributed by atoms with E-state index in [-0.39, 0.29) is 29.0 Å². The molecule has 1 saturated carbocycles. The van der Waals surface area contributed by atoms with Crippen molar-refractivity contribution in [1.29, 1.82) is 0 Å². The summed E-state index contributed by atoms with van der Waals surface area (Å²) in [4.78, 5) is 0. The van der Waals surface area contributed by atoms with Crippen LogP contribution in [0.5, 0.6) is 0 Å². The van der Waals surface area contributed by atoms with Gasteiger partial charge in [-0.1, -0.05) is 18.2 Å². The molecule has 4 rings (SSSR count). The largest absolute Gasteiger partial charge is 0.435 e. The third-order valence-corrected chi connectivity index (χ3v) is 7.83. The van der Waals surface area contributed by atoms with Crippen molar-refractivity contribution in [1.82, 2.24) is 9.78 Å². The molecular formula is C19H21F3N2O3S. The quantitative estimate of drug-likeness (QED) is 0.789. The van der Waals surface area contributed by atoms with Crippen molar-refractivity contribution in [3.05, 3.63) is 52.3 Å². The van der Waals surface area contributed by atoms with E-state index in [0.29, 0.717) is 6.42 Å². The molecule has 1 N–H and O–H groups in total. The molecule has 1 aromatic heterocycles. The number of sulfone groups is 1. The van der Waals surface area contributed by atoms with Gasteiger partial charge >= 0.3 is 6.18 Å². The number of fused-ring (bicyclic) bond motifs is 1. The van der Waals surface area contributed by atoms with Crippen molar-refractivity contribution in [2.45, 2.75) is 50.3 Å². The second-order valence-electron chi connectivity index (χ2n) is 7.76. The smallest absolute Gasteiger partial charge is 0.392 e. The van der Waals surface area contributed by atoms with Crippen LogP contribution >= 0.6 is 0 Å². The van der Waals surface area contributed by atoms with E-state index in [0.717, 1.165) is 36.0 Å². The molecule has 0 bridgehead atoms. The molecule has 0 amide bonds. The lowest BCUT2D eigenvalue weighted by atomic mass is 10.1. The number of alkyl halides is 3. The number of hydrogen-bond acceptors (Lipinski definition) is 4. The van der Waals surface area contributed by atoms with Crippen molar-refractivity contribution in [3.8, 4) is 0 Å². The van der Waals surface area contributed by atoms with Gasteiger partial charge in [0.25, 0.3) is 0 Å². The fraction of sp³-hybridized carbons (Fsp3) is 0.526. The van der Waals surface area contributed by atoms with E-state index in [1.54, 1.807) is 0 Å². The zero-order chi connectivity index (χ0) is 20.1. The normalized spacial score (nSPS) is 19.8. The Kier molecular flexibility index (Phi) is 4.78. The minimum Gasteiger partial charge on any atom is -0.392 e. The topological polar surface area (TPSA) is 72.2 Å². The minimum atomic E-state index is -4.61. The monoisotopic (exact) mass is 414 g/mol. The number of rotatable bonds is 6. The van der Waals surface area contributed by atoms with Crippen molar-refractivity contribution >= 4 is 9.84 Å². The summed E-state index contributed by atoms with van der Waals surface area (Å²) in [5.74, 6) is 0.272. The maximum Gasteiger partial charge on any atom is 0.435 e. The van der Waals surface area contributed by atoms with Crippen LogP contribution in [-0.2, 0) is 42.0 Å². The average Bonchev–Trinajstić information content (AvgIpc) is 3.28. The first-order valence-corrected chi connectivity index (χ1v) is 10.9. The van der Waals surface area contributed by atoms with Crippen LogP contribution in [-0.4, -0.2) is 34.3 Å². The maximum atomic E-state index is 13.0. The molecule has 152 valence electrons. The molecule has 0 radical (unpaired) electrons. The molecule has 0 saturated heterocycles. The predicted octanol–water partition coefficient (Wildman–Crippen LogP) is 2.73. The van der Waals surface area contributed by atoms with Gasteiger partial charge in [0.05, 0.1) is 24.2 Å². The van der Waals surface area contributed by atoms with Crippen LogP contribution in [0, 0.1) is 5.92 Å². The van der Waals surface area contributed by atoms with Crippen LogP contribution in [0.1, 0.15) is 40.8 Å². The lowest BCUT2D eigenvalue weighted by molar-refractivity contribution is -0.142. The fourth-order valence-electron chi connectivity index (χ4n) is 3.96. The summed E-state index contributed by atoms with van der Waals surface area (Å²) in [5, 5.41) is 12.6. The van der Waals surface area contributed by atoms with Gasteiger partial charge < -0.3 is 5.11 Å². The highest BCUT2D eigenvalue weighted by Gasteiger charge is 2.38. The molecule has 0 aliphatic heterocycles. The third kappa shape index (κ3) is 3.96. The first kappa shape index (κ1) is 19.4. The molecule has 9 heteroatoms. The Morgan fingerprint density at radius 2 is 1.89 bits per heavy atom. The standard InChI is InChI=1S/C19H21F3N2O3S/c20-19(21,22)18-16(10-25)9-24(23-18)8-12-1-2-14-6-13(7-15(14)5-12)11-28(26,27)17-3-4-17/h1-2,5,9,13,17,25H,3-4,6-8,10-11H2/t13-/m1/s1. The molecule has 1 aromatic carbocycles. The van der Waals surface area contributed by atoms with E-state index in [1.165, 1.54) is 10.9 Å². The molecule has 5 nitrogen and oxygen atoms in total. The molecule has 2 aliphatic rings. The van der Waals surface area contributed by atoms with Crippen molar-refractivity contribution in [2.24, 2.45) is 5.92 Å². The molecule has 1 heterocycles. The van der Waals surface area contributed by atoms with Crippen LogP contribution in [0.15, 0.2) is 24.4 Å². The molecule has 0 spiro atoms. The van der Waals surface area contributed by atoms with Gasteiger partial charge in [-0.2, -0.15) is 18.3 Å². The van der Waals surface area contributed by atoms with Gasteiger partial charge in [0, 0.05) is 11.8 Å². The first-order chi connectivity index (χ1) is 13.2. The SMILES string of the molecule is O=S(=O)(C[C@@H]1Cc2ccc(Cn3cc(CO)c(C(F)(F)F)n3)cc2C1)C1CC1. The van der Waals surface area contributed by atoms with Gasteiger partial charge in [-0.3, -0.25) is 4.68 Å². The second-order valence-corrected chi connectivity index (χ2v) is 10.1. The molecular weight excluding hydrogens is 393 g/mol. The van der Waals surface area contributed by atoms with Gasteiger partial charge in [-0.05, 0) is 48.3 Å². The van der Waals surface area contributed by atoms with Crippen LogP contribution in [0.4, 0.5) is 13.2 Å². The van der Waals surface area contributed by atoms with Gasteiger partial charge in [-0.25, -0.2) is 8.42 Å². The number of aromatic nitrogens is 2. The van der Waals surface area contributed by atoms with E-state index in [2.05, 4.69) is 5.10 Å². The number of benzene rings is 1. The Morgan fingerprint density at radius 3 is 2.50 bits per heavy atom. The Morgan fingerprint density at radius 1 is 1.18 bits per heavy atom. The van der Waals surface area contributed by atoms with Gasteiger partial charge in [-0.15, -0.1) is 0 Å². The summed E-state index contributed by atoms with van der Waals surface area (Å²) in [6.45, 7) is -0.572. The lowest BCUT2D eigenvalue weighted by Crippen LogP contribution is -2.19. The number of nitrogens with zero attached hydrogens (tertiary/aromatic N) is 2. The summed E-state index contributed by atoms with van der Waals surface area (Å²) < 4.78 is 64.5. The first-order valence-electron chi connectivity index (χ1n) is 9.22. The van der Waals surface area contributed by atoms with Crippen molar-refractivity contribution < 1.29 is 26.7 Å². The number of aliphatic hydroxyl groups excluding tert-OH is 1. The molecule has 0 unspecified atom stereocenters. The summed E-state index contributed by atoms with van der Waals surface area (Å²) in [6, 6.07) is 5.69. The number of hydrogen-bond donors (Lipinski definition) is 1. The molecule has 28 heavy (non-hydrogen) atoms. The summed E-state index contributed by atoms with van der Waals surface area (Å²) >= 11 is 0. The lowest BCUT2D eigenvalue weighted by Gasteiger charge is -2.08. The second kappa shape index (κ2) is 6.88. The third-order valence-electron chi connectivity index (χ3n) is 5.41. The Hall–Kier alpha value is -1.87. The minimum absolute atomic E-state index is 0.0679. The van der Waals surface area contributed by atoms with Gasteiger partial charge in [0.2, 0.25) is 0 Å². The number of aliphatic hydroxyl groups is 1. The van der Waals surface area contributed by atoms with Crippen molar-refractivity contribution in [3.63, 3.8) is 0 Å². The van der Waals surface area contributed by atoms with E-state index in [9.17, 15) is 21.6 Å². The summed E-state index contributed by atoms with van der Waals surface area (Å²) in [6.07, 6.45) is -0.472. The van der Waals surface area contributed by atoms with E-state index in [1.807, 2.05) is 18.2 Å². The highest BCUT2D eigenvalue weighted by Crippen LogP contribution is 2.35. The van der Waals surface area contributed by atoms with Crippen LogP contribution in [0.3, 0.4) is 0 Å². The van der Waals surface area contributed by atoms with E-state index < -0.39 is 28.3 Å². The average molecular weight is 414 g/mol. The molecule has 2 aromatic rings. The molecule has 2 aliphatic carbocycles. The predicted molar refractivity (Wildman–Crippen MR) is 96.4 cm³/mol. The zero-order valence-corrected chi connectivity index (χ0v) is 15.9. The van der Waals surface area contributed by atoms with Gasteiger partial charge in [0.15, 0.2) is 15.5 Å². The van der Waals surface area contributed by atoms with Gasteiger partial charge in [0.1, 0.15) is 0 Å². The fourth-order valence-corrected chi connectivity index (χ4v) is 5.97. The number of halogens is 3. The summed E-state index contributed by atoms with van der Waals surface area (Å²) in [7, 11) is -3.01. The highest BCUT2D eigenvalue weighted by atomic mass is 32.2. The Labute approximate surface area is 161 Å². The van der Waals surface area contributed by atoms with E-state index in [4.69, 9.17) is 5.11 Å². The van der Waals surface area contributed by atoms with Crippen molar-refractivity contribution in [2.75, 3.05) is 5.75 Å². The van der Waals surface area contributed by atoms with Crippen LogP contribution < -0.4 is 0 Å². The van der Waals surface area contributed by atoms with Crippen LogP contribution in [0.2, 0.25) is 0 Å². The zero-order valence-electron chi connectivity index (χ0n) is 15.1. The Bertz CT molecular complexity index is 994. The Balaban J connectivity index is 1.48. The highest BCUT2D eigenvalue weighted by molar-refractivity contribution is 7.92. The molecule has 1 atom stereocenters. The van der Waals surface area contributed by atoms with Crippen LogP contribution in [0.25, 0.3) is 0 Å².